The quantitative estimate of drug-likeness (QED) is 0.341. The Bertz CT molecular complexity index is 661. The average molecular weight is 519 g/mol. The Morgan fingerprint density at radius 2 is 2.14 bits per heavy atom. The Hall–Kier alpha value is -1.78. The van der Waals surface area contributed by atoms with E-state index in [0.717, 1.165) is 30.9 Å². The number of halogens is 1. The monoisotopic (exact) mass is 519 g/mol. The number of alkyl carbamates (subject to hydrolysis) is 1. The maximum absolute atomic E-state index is 11.9. The molecule has 1 saturated heterocycles. The zero-order valence-corrected chi connectivity index (χ0v) is 20.4. The number of hydrogen-bond donors (Lipinski definition) is 2. The van der Waals surface area contributed by atoms with E-state index in [9.17, 15) is 4.79 Å². The Balaban J connectivity index is 0.00000420. The average Bonchev–Trinajstić information content (AvgIpc) is 3.08. The van der Waals surface area contributed by atoms with E-state index >= 15 is 0 Å². The summed E-state index contributed by atoms with van der Waals surface area (Å²) in [5, 5.41) is 6.29. The number of pyridine rings is 1. The molecule has 1 aliphatic rings. The van der Waals surface area contributed by atoms with Crippen molar-refractivity contribution in [2.75, 3.05) is 26.7 Å². The first kappa shape index (κ1) is 25.3. The van der Waals surface area contributed by atoms with E-state index in [4.69, 9.17) is 9.47 Å². The number of carbonyl (C=O) groups excluding carboxylic acids is 1. The molecule has 9 heteroatoms. The van der Waals surface area contributed by atoms with Gasteiger partial charge in [0.05, 0.1) is 12.6 Å². The molecule has 1 atom stereocenters. The number of rotatable bonds is 6. The Morgan fingerprint density at radius 1 is 1.38 bits per heavy atom. The second-order valence-corrected chi connectivity index (χ2v) is 7.83. The molecule has 2 heterocycles. The number of hydrogen-bond acceptors (Lipinski definition) is 5. The van der Waals surface area contributed by atoms with Crippen LogP contribution in [0.2, 0.25) is 0 Å². The molecule has 1 aromatic heterocycles. The molecule has 2 rings (SSSR count). The van der Waals surface area contributed by atoms with E-state index in [0.29, 0.717) is 25.6 Å². The molecule has 1 unspecified atom stereocenters. The third-order valence-electron chi connectivity index (χ3n) is 4.12. The molecule has 0 spiro atoms. The van der Waals surface area contributed by atoms with E-state index < -0.39 is 5.60 Å². The number of carbonyl (C=O) groups is 1. The minimum atomic E-state index is -0.495. The van der Waals surface area contributed by atoms with Gasteiger partial charge >= 0.3 is 6.09 Å². The van der Waals surface area contributed by atoms with E-state index in [1.165, 1.54) is 0 Å². The van der Waals surface area contributed by atoms with E-state index in [2.05, 4.69) is 32.4 Å². The summed E-state index contributed by atoms with van der Waals surface area (Å²) in [7, 11) is 1.76. The summed E-state index contributed by atoms with van der Waals surface area (Å²) in [6.07, 6.45) is 3.24. The van der Waals surface area contributed by atoms with Gasteiger partial charge in [0.2, 0.25) is 5.88 Å². The largest absolute Gasteiger partial charge is 0.478 e. The molecule has 0 bridgehead atoms. The Morgan fingerprint density at radius 3 is 2.72 bits per heavy atom. The van der Waals surface area contributed by atoms with Crippen molar-refractivity contribution in [1.82, 2.24) is 20.5 Å². The fourth-order valence-corrected chi connectivity index (χ4v) is 2.87. The molecule has 0 saturated carbocycles. The molecule has 1 amide bonds. The van der Waals surface area contributed by atoms with Crippen molar-refractivity contribution in [1.29, 1.82) is 0 Å². The van der Waals surface area contributed by atoms with Gasteiger partial charge in [-0.15, -0.1) is 24.0 Å². The minimum Gasteiger partial charge on any atom is -0.478 e. The third kappa shape index (κ3) is 9.05. The van der Waals surface area contributed by atoms with Gasteiger partial charge in [-0.2, -0.15) is 0 Å². The van der Waals surface area contributed by atoms with Gasteiger partial charge in [-0.25, -0.2) is 9.78 Å². The van der Waals surface area contributed by atoms with Gasteiger partial charge in [0.25, 0.3) is 0 Å². The summed E-state index contributed by atoms with van der Waals surface area (Å²) in [6.45, 7) is 10.4. The highest BCUT2D eigenvalue weighted by atomic mass is 127. The van der Waals surface area contributed by atoms with Crippen LogP contribution in [0.25, 0.3) is 0 Å². The molecule has 0 aliphatic carbocycles. The van der Waals surface area contributed by atoms with Crippen molar-refractivity contribution in [3.63, 3.8) is 0 Å². The van der Waals surface area contributed by atoms with Crippen molar-refractivity contribution in [2.24, 2.45) is 4.99 Å². The van der Waals surface area contributed by atoms with E-state index in [-0.39, 0.29) is 36.1 Å². The van der Waals surface area contributed by atoms with E-state index in [1.807, 2.05) is 39.1 Å². The zero-order chi connectivity index (χ0) is 20.6. The first-order valence-electron chi connectivity index (χ1n) is 9.83. The molecule has 2 N–H and O–H groups in total. The van der Waals surface area contributed by atoms with Crippen LogP contribution in [0.5, 0.6) is 5.88 Å². The van der Waals surface area contributed by atoms with Crippen molar-refractivity contribution < 1.29 is 14.3 Å². The molecule has 0 aromatic carbocycles. The second kappa shape index (κ2) is 12.0. The SMILES string of the molecule is CCCOc1ccc(CNC(=NC)N2CCC(NC(=O)OC(C)(C)C)C2)cn1.I. The Labute approximate surface area is 190 Å². The van der Waals surface area contributed by atoms with E-state index in [1.54, 1.807) is 7.05 Å². The fraction of sp³-hybridized carbons (Fsp3) is 0.650. The van der Waals surface area contributed by atoms with Crippen molar-refractivity contribution in [2.45, 2.75) is 58.7 Å². The Kier molecular flexibility index (Phi) is 10.5. The maximum atomic E-state index is 11.9. The van der Waals surface area contributed by atoms with Gasteiger partial charge in [-0.3, -0.25) is 4.99 Å². The number of nitrogens with zero attached hydrogens (tertiary/aromatic N) is 3. The summed E-state index contributed by atoms with van der Waals surface area (Å²) >= 11 is 0. The maximum Gasteiger partial charge on any atom is 0.407 e. The molecule has 29 heavy (non-hydrogen) atoms. The number of aliphatic imine (C=N–C) groups is 1. The van der Waals surface area contributed by atoms with Gasteiger partial charge < -0.3 is 25.0 Å². The van der Waals surface area contributed by atoms with Crippen LogP contribution in [0.1, 0.15) is 46.1 Å². The first-order chi connectivity index (χ1) is 13.3. The molecule has 1 aliphatic heterocycles. The fourth-order valence-electron chi connectivity index (χ4n) is 2.87. The molecule has 8 nitrogen and oxygen atoms in total. The predicted molar refractivity (Wildman–Crippen MR) is 125 cm³/mol. The second-order valence-electron chi connectivity index (χ2n) is 7.83. The summed E-state index contributed by atoms with van der Waals surface area (Å²) in [5.41, 5.74) is 0.554. The van der Waals surface area contributed by atoms with Crippen LogP contribution in [-0.4, -0.2) is 60.3 Å². The van der Waals surface area contributed by atoms with Crippen molar-refractivity contribution >= 4 is 36.0 Å². The number of ether oxygens (including phenoxy) is 2. The van der Waals surface area contributed by atoms with Crippen LogP contribution in [0.15, 0.2) is 23.3 Å². The first-order valence-corrected chi connectivity index (χ1v) is 9.83. The minimum absolute atomic E-state index is 0. The summed E-state index contributed by atoms with van der Waals surface area (Å²) in [5.74, 6) is 1.45. The van der Waals surface area contributed by atoms with Gasteiger partial charge in [0.1, 0.15) is 5.60 Å². The highest BCUT2D eigenvalue weighted by Gasteiger charge is 2.27. The number of likely N-dealkylation sites (tertiary alicyclic amines) is 1. The molecule has 1 fully saturated rings. The molecule has 164 valence electrons. The zero-order valence-electron chi connectivity index (χ0n) is 18.0. The van der Waals surface area contributed by atoms with Crippen LogP contribution in [0.3, 0.4) is 0 Å². The number of aromatic nitrogens is 1. The van der Waals surface area contributed by atoms with Crippen LogP contribution in [0.4, 0.5) is 4.79 Å². The lowest BCUT2D eigenvalue weighted by Crippen LogP contribution is -2.44. The summed E-state index contributed by atoms with van der Waals surface area (Å²) in [4.78, 5) is 22.8. The summed E-state index contributed by atoms with van der Waals surface area (Å²) < 4.78 is 10.8. The predicted octanol–water partition coefficient (Wildman–Crippen LogP) is 3.16. The molecule has 0 radical (unpaired) electrons. The van der Waals surface area contributed by atoms with Crippen molar-refractivity contribution in [3.8, 4) is 5.88 Å². The lowest BCUT2D eigenvalue weighted by atomic mass is 10.2. The van der Waals surface area contributed by atoms with Crippen molar-refractivity contribution in [3.05, 3.63) is 23.9 Å². The topological polar surface area (TPSA) is 88.1 Å². The normalized spacial score (nSPS) is 16.8. The van der Waals surface area contributed by atoms with Crippen LogP contribution in [0, 0.1) is 0 Å². The molecule has 1 aromatic rings. The highest BCUT2D eigenvalue weighted by molar-refractivity contribution is 14.0. The van der Waals surface area contributed by atoms with Crippen LogP contribution >= 0.6 is 24.0 Å². The number of nitrogens with one attached hydrogen (secondary N) is 2. The van der Waals surface area contributed by atoms with Gasteiger partial charge in [-0.05, 0) is 39.2 Å². The van der Waals surface area contributed by atoms with Crippen LogP contribution < -0.4 is 15.4 Å². The highest BCUT2D eigenvalue weighted by Crippen LogP contribution is 2.13. The molecular weight excluding hydrogens is 485 g/mol. The third-order valence-corrected chi connectivity index (χ3v) is 4.12. The smallest absolute Gasteiger partial charge is 0.407 e. The standard InChI is InChI=1S/C20H33N5O3.HI/c1-6-11-27-17-8-7-15(12-22-17)13-23-18(21-5)25-10-9-16(14-25)24-19(26)28-20(2,3)4;/h7-8,12,16H,6,9-11,13-14H2,1-5H3,(H,21,23)(H,24,26);1H. The number of amides is 1. The van der Waals surface area contributed by atoms with Gasteiger partial charge in [0.15, 0.2) is 5.96 Å². The lowest BCUT2D eigenvalue weighted by molar-refractivity contribution is 0.0507. The summed E-state index contributed by atoms with van der Waals surface area (Å²) in [6, 6.07) is 3.92. The molecular formula is C20H34IN5O3. The lowest BCUT2D eigenvalue weighted by Gasteiger charge is -2.23. The van der Waals surface area contributed by atoms with Crippen LogP contribution in [-0.2, 0) is 11.3 Å². The number of guanidine groups is 1. The van der Waals surface area contributed by atoms with Gasteiger partial charge in [-0.1, -0.05) is 13.0 Å². The van der Waals surface area contributed by atoms with Gasteiger partial charge in [0, 0.05) is 38.9 Å².